The smallest absolute Gasteiger partial charge is 0.157 e. The molecule has 0 aliphatic heterocycles. The van der Waals surface area contributed by atoms with Gasteiger partial charge in [0.15, 0.2) is 11.5 Å². The maximum atomic E-state index is 13.3. The zero-order valence-corrected chi connectivity index (χ0v) is 9.32. The first-order valence-corrected chi connectivity index (χ1v) is 5.26. The number of aromatic hydroxyl groups is 2. The van der Waals surface area contributed by atoms with E-state index in [1.165, 1.54) is 18.2 Å². The van der Waals surface area contributed by atoms with E-state index in [2.05, 4.69) is 5.32 Å². The number of phenolic OH excluding ortho intramolecular Hbond substituents is 2. The number of phenols is 2. The minimum Gasteiger partial charge on any atom is -0.504 e. The molecule has 3 N–H and O–H groups in total. The van der Waals surface area contributed by atoms with Crippen molar-refractivity contribution in [2.24, 2.45) is 0 Å². The summed E-state index contributed by atoms with van der Waals surface area (Å²) >= 11 is 0. The summed E-state index contributed by atoms with van der Waals surface area (Å²) in [4.78, 5) is 0. The number of nitrogens with one attached hydrogen (secondary N) is 1. The average molecular weight is 251 g/mol. The van der Waals surface area contributed by atoms with Crippen molar-refractivity contribution in [3.05, 3.63) is 53.6 Å². The number of rotatable bonds is 3. The van der Waals surface area contributed by atoms with Crippen molar-refractivity contribution in [1.29, 1.82) is 0 Å². The summed E-state index contributed by atoms with van der Waals surface area (Å²) < 4.78 is 26.6. The molecule has 2 aromatic rings. The molecule has 3 nitrogen and oxygen atoms in total. The second-order valence-electron chi connectivity index (χ2n) is 3.77. The molecule has 0 aliphatic rings. The molecule has 0 saturated carbocycles. The second-order valence-corrected chi connectivity index (χ2v) is 3.77. The predicted molar refractivity (Wildman–Crippen MR) is 63.5 cm³/mol. The SMILES string of the molecule is Oc1ccc(CNc2c(F)cccc2F)cc1O. The first kappa shape index (κ1) is 12.2. The van der Waals surface area contributed by atoms with Gasteiger partial charge < -0.3 is 15.5 Å². The molecule has 0 aromatic heterocycles. The second kappa shape index (κ2) is 4.91. The largest absolute Gasteiger partial charge is 0.504 e. The predicted octanol–water partition coefficient (Wildman–Crippen LogP) is 2.99. The zero-order chi connectivity index (χ0) is 13.1. The van der Waals surface area contributed by atoms with Crippen molar-refractivity contribution in [1.82, 2.24) is 0 Å². The molecular formula is C13H11F2NO2. The Morgan fingerprint density at radius 3 is 2.22 bits per heavy atom. The Hall–Kier alpha value is -2.30. The summed E-state index contributed by atoms with van der Waals surface area (Å²) in [6, 6.07) is 7.76. The normalized spacial score (nSPS) is 10.3. The molecule has 0 spiro atoms. The third kappa shape index (κ3) is 2.51. The Labute approximate surface area is 102 Å². The number of benzene rings is 2. The Morgan fingerprint density at radius 2 is 1.61 bits per heavy atom. The fourth-order valence-corrected chi connectivity index (χ4v) is 1.54. The van der Waals surface area contributed by atoms with Gasteiger partial charge in [-0.3, -0.25) is 0 Å². The minimum absolute atomic E-state index is 0.131. The van der Waals surface area contributed by atoms with E-state index in [-0.39, 0.29) is 23.7 Å². The molecule has 0 amide bonds. The van der Waals surface area contributed by atoms with Gasteiger partial charge in [0.2, 0.25) is 0 Å². The monoisotopic (exact) mass is 251 g/mol. The van der Waals surface area contributed by atoms with Crippen LogP contribution in [0.5, 0.6) is 11.5 Å². The zero-order valence-electron chi connectivity index (χ0n) is 9.32. The fraction of sp³-hybridized carbons (Fsp3) is 0.0769. The van der Waals surface area contributed by atoms with Gasteiger partial charge in [0, 0.05) is 6.54 Å². The van der Waals surface area contributed by atoms with Crippen LogP contribution >= 0.6 is 0 Å². The van der Waals surface area contributed by atoms with Crippen molar-refractivity contribution in [3.63, 3.8) is 0 Å². The fourth-order valence-electron chi connectivity index (χ4n) is 1.54. The molecule has 0 saturated heterocycles. The highest BCUT2D eigenvalue weighted by atomic mass is 19.1. The molecular weight excluding hydrogens is 240 g/mol. The van der Waals surface area contributed by atoms with Crippen LogP contribution in [0.25, 0.3) is 0 Å². The highest BCUT2D eigenvalue weighted by Crippen LogP contribution is 2.26. The average Bonchev–Trinajstić information content (AvgIpc) is 2.33. The lowest BCUT2D eigenvalue weighted by Gasteiger charge is -2.09. The molecule has 2 rings (SSSR count). The van der Waals surface area contributed by atoms with Gasteiger partial charge in [0.1, 0.15) is 17.3 Å². The van der Waals surface area contributed by atoms with Crippen molar-refractivity contribution < 1.29 is 19.0 Å². The maximum Gasteiger partial charge on any atom is 0.157 e. The number of halogens is 2. The summed E-state index contributed by atoms with van der Waals surface area (Å²) in [5, 5.41) is 21.0. The molecule has 2 aromatic carbocycles. The van der Waals surface area contributed by atoms with Gasteiger partial charge in [-0.25, -0.2) is 8.78 Å². The van der Waals surface area contributed by atoms with Gasteiger partial charge in [-0.15, -0.1) is 0 Å². The molecule has 0 aliphatic carbocycles. The van der Waals surface area contributed by atoms with Crippen molar-refractivity contribution in [3.8, 4) is 11.5 Å². The molecule has 18 heavy (non-hydrogen) atoms. The molecule has 0 atom stereocenters. The van der Waals surface area contributed by atoms with Crippen LogP contribution in [-0.4, -0.2) is 10.2 Å². The van der Waals surface area contributed by atoms with Gasteiger partial charge in [-0.05, 0) is 29.8 Å². The lowest BCUT2D eigenvalue weighted by molar-refractivity contribution is 0.403. The van der Waals surface area contributed by atoms with Crippen LogP contribution in [0.3, 0.4) is 0 Å². The molecule has 5 heteroatoms. The van der Waals surface area contributed by atoms with E-state index >= 15 is 0 Å². The topological polar surface area (TPSA) is 52.5 Å². The summed E-state index contributed by atoms with van der Waals surface area (Å²) in [6.45, 7) is 0.131. The van der Waals surface area contributed by atoms with Crippen molar-refractivity contribution in [2.45, 2.75) is 6.54 Å². The summed E-state index contributed by atoms with van der Waals surface area (Å²) in [5.41, 5.74) is 0.373. The Bertz CT molecular complexity index is 553. The standard InChI is InChI=1S/C13H11F2NO2/c14-9-2-1-3-10(15)13(9)16-7-8-4-5-11(17)12(18)6-8/h1-6,16-18H,7H2. The van der Waals surface area contributed by atoms with Crippen LogP contribution in [0.1, 0.15) is 5.56 Å². The summed E-state index contributed by atoms with van der Waals surface area (Å²) in [6.07, 6.45) is 0. The van der Waals surface area contributed by atoms with E-state index in [9.17, 15) is 13.9 Å². The van der Waals surface area contributed by atoms with Crippen LogP contribution in [-0.2, 0) is 6.54 Å². The van der Waals surface area contributed by atoms with E-state index in [1.807, 2.05) is 0 Å². The quantitative estimate of drug-likeness (QED) is 0.735. The lowest BCUT2D eigenvalue weighted by atomic mass is 10.2. The van der Waals surface area contributed by atoms with Crippen molar-refractivity contribution >= 4 is 5.69 Å². The Balaban J connectivity index is 2.14. The van der Waals surface area contributed by atoms with Gasteiger partial charge in [-0.1, -0.05) is 12.1 Å². The molecule has 0 heterocycles. The maximum absolute atomic E-state index is 13.3. The molecule has 94 valence electrons. The van der Waals surface area contributed by atoms with Crippen LogP contribution < -0.4 is 5.32 Å². The van der Waals surface area contributed by atoms with E-state index in [0.29, 0.717) is 5.56 Å². The van der Waals surface area contributed by atoms with Gasteiger partial charge in [0.05, 0.1) is 0 Å². The van der Waals surface area contributed by atoms with Crippen LogP contribution in [0.4, 0.5) is 14.5 Å². The number of hydrogen-bond donors (Lipinski definition) is 3. The summed E-state index contributed by atoms with van der Waals surface area (Å²) in [7, 11) is 0. The van der Waals surface area contributed by atoms with E-state index in [1.54, 1.807) is 6.07 Å². The summed E-state index contributed by atoms with van der Waals surface area (Å²) in [5.74, 6) is -1.88. The van der Waals surface area contributed by atoms with Gasteiger partial charge in [0.25, 0.3) is 0 Å². The molecule has 0 radical (unpaired) electrons. The highest BCUT2D eigenvalue weighted by molar-refractivity contribution is 5.47. The lowest BCUT2D eigenvalue weighted by Crippen LogP contribution is -2.03. The molecule has 0 unspecified atom stereocenters. The van der Waals surface area contributed by atoms with Gasteiger partial charge >= 0.3 is 0 Å². The third-order valence-corrected chi connectivity index (χ3v) is 2.47. The number of hydrogen-bond acceptors (Lipinski definition) is 3. The van der Waals surface area contributed by atoms with E-state index in [4.69, 9.17) is 5.11 Å². The Morgan fingerprint density at radius 1 is 0.944 bits per heavy atom. The van der Waals surface area contributed by atoms with E-state index in [0.717, 1.165) is 12.1 Å². The first-order chi connectivity index (χ1) is 8.58. The molecule has 0 bridgehead atoms. The van der Waals surface area contributed by atoms with Crippen LogP contribution in [0.15, 0.2) is 36.4 Å². The Kier molecular flexibility index (Phi) is 3.32. The highest BCUT2D eigenvalue weighted by Gasteiger charge is 2.08. The van der Waals surface area contributed by atoms with Crippen LogP contribution in [0.2, 0.25) is 0 Å². The number of anilines is 1. The molecule has 0 fully saturated rings. The third-order valence-electron chi connectivity index (χ3n) is 2.47. The van der Waals surface area contributed by atoms with Crippen LogP contribution in [0, 0.1) is 11.6 Å². The minimum atomic E-state index is -0.682. The first-order valence-electron chi connectivity index (χ1n) is 5.26. The van der Waals surface area contributed by atoms with E-state index < -0.39 is 11.6 Å². The van der Waals surface area contributed by atoms with Crippen molar-refractivity contribution in [2.75, 3.05) is 5.32 Å². The van der Waals surface area contributed by atoms with Gasteiger partial charge in [-0.2, -0.15) is 0 Å². The number of para-hydroxylation sites is 1.